The Labute approximate surface area is 160 Å². The molecule has 0 saturated carbocycles. The van der Waals surface area contributed by atoms with Crippen LogP contribution in [0.1, 0.15) is 37.0 Å². The van der Waals surface area contributed by atoms with E-state index in [-0.39, 0.29) is 23.0 Å². The first kappa shape index (κ1) is 18.8. The van der Waals surface area contributed by atoms with E-state index in [1.807, 2.05) is 38.3 Å². The summed E-state index contributed by atoms with van der Waals surface area (Å²) in [6.07, 6.45) is 0. The highest BCUT2D eigenvalue weighted by Gasteiger charge is 2.22. The number of hydrogen-bond donors (Lipinski definition) is 3. The van der Waals surface area contributed by atoms with E-state index in [0.717, 1.165) is 10.6 Å². The lowest BCUT2D eigenvalue weighted by Crippen LogP contribution is -2.29. The number of thiophene rings is 1. The lowest BCUT2D eigenvalue weighted by Gasteiger charge is -2.13. The van der Waals surface area contributed by atoms with Gasteiger partial charge in [0, 0.05) is 28.1 Å². The third-order valence-electron chi connectivity index (χ3n) is 3.78. The zero-order chi connectivity index (χ0) is 19.6. The van der Waals surface area contributed by atoms with Crippen molar-refractivity contribution in [3.8, 4) is 5.95 Å². The summed E-state index contributed by atoms with van der Waals surface area (Å²) < 4.78 is 1.44. The monoisotopic (exact) mass is 386 g/mol. The zero-order valence-corrected chi connectivity index (χ0v) is 16.5. The first-order valence-corrected chi connectivity index (χ1v) is 9.36. The van der Waals surface area contributed by atoms with Crippen molar-refractivity contribution in [1.29, 1.82) is 0 Å². The van der Waals surface area contributed by atoms with Gasteiger partial charge in [0.15, 0.2) is 0 Å². The number of anilines is 1. The van der Waals surface area contributed by atoms with Crippen LogP contribution in [-0.2, 0) is 12.0 Å². The number of nitrogens with one attached hydrogen (secondary N) is 3. The van der Waals surface area contributed by atoms with Crippen LogP contribution in [0.5, 0.6) is 0 Å². The molecule has 3 aromatic heterocycles. The molecule has 3 rings (SSSR count). The minimum atomic E-state index is -0.361. The molecule has 0 atom stereocenters. The van der Waals surface area contributed by atoms with Gasteiger partial charge < -0.3 is 5.32 Å². The van der Waals surface area contributed by atoms with Crippen LogP contribution >= 0.6 is 11.3 Å². The SMILES string of the molecule is Cc1cc(=O)[nH]c(-n2nc(C(C)(C)C)cc2NC(=O)NCc2cccs2)n1. The molecule has 142 valence electrons. The van der Waals surface area contributed by atoms with Crippen LogP contribution in [0, 0.1) is 6.92 Å². The van der Waals surface area contributed by atoms with Crippen LogP contribution in [0.2, 0.25) is 0 Å². The predicted octanol–water partition coefficient (Wildman–Crippen LogP) is 2.94. The fraction of sp³-hybridized carbons (Fsp3) is 0.333. The Balaban J connectivity index is 1.89. The lowest BCUT2D eigenvalue weighted by atomic mass is 9.92. The molecule has 8 nitrogen and oxygen atoms in total. The van der Waals surface area contributed by atoms with E-state index in [2.05, 4.69) is 25.7 Å². The number of amides is 2. The maximum Gasteiger partial charge on any atom is 0.320 e. The van der Waals surface area contributed by atoms with Gasteiger partial charge >= 0.3 is 6.03 Å². The molecule has 0 aliphatic carbocycles. The van der Waals surface area contributed by atoms with Crippen molar-refractivity contribution < 1.29 is 4.79 Å². The number of urea groups is 1. The number of aryl methyl sites for hydroxylation is 1. The fourth-order valence-corrected chi connectivity index (χ4v) is 3.05. The van der Waals surface area contributed by atoms with Gasteiger partial charge in [0.25, 0.3) is 5.56 Å². The first-order chi connectivity index (χ1) is 12.7. The second kappa shape index (κ2) is 7.36. The molecule has 0 fully saturated rings. The van der Waals surface area contributed by atoms with Crippen LogP contribution in [0.4, 0.5) is 10.6 Å². The van der Waals surface area contributed by atoms with Gasteiger partial charge in [0.1, 0.15) is 5.82 Å². The smallest absolute Gasteiger partial charge is 0.320 e. The Morgan fingerprint density at radius 2 is 2.11 bits per heavy atom. The van der Waals surface area contributed by atoms with Gasteiger partial charge in [-0.05, 0) is 18.4 Å². The average molecular weight is 386 g/mol. The quantitative estimate of drug-likeness (QED) is 0.641. The molecule has 0 saturated heterocycles. The Bertz CT molecular complexity index is 998. The number of H-pyrrole nitrogens is 1. The van der Waals surface area contributed by atoms with Gasteiger partial charge in [-0.25, -0.2) is 9.78 Å². The van der Waals surface area contributed by atoms with Crippen molar-refractivity contribution in [3.63, 3.8) is 0 Å². The summed E-state index contributed by atoms with van der Waals surface area (Å²) in [5.41, 5.74) is 0.812. The minimum absolute atomic E-state index is 0.237. The highest BCUT2D eigenvalue weighted by atomic mass is 32.1. The molecule has 3 N–H and O–H groups in total. The molecule has 0 spiro atoms. The molecule has 0 aliphatic heterocycles. The van der Waals surface area contributed by atoms with Crippen molar-refractivity contribution in [2.75, 3.05) is 5.32 Å². The molecule has 3 heterocycles. The van der Waals surface area contributed by atoms with E-state index in [0.29, 0.717) is 18.1 Å². The van der Waals surface area contributed by atoms with Crippen molar-refractivity contribution >= 4 is 23.2 Å². The standard InChI is InChI=1S/C18H22N6O2S/c1-11-8-15(25)22-16(20-11)24-14(9-13(23-24)18(2,3)4)21-17(26)19-10-12-6-5-7-27-12/h5-9H,10H2,1-4H3,(H2,19,21,26)(H,20,22,25). The van der Waals surface area contributed by atoms with E-state index in [1.165, 1.54) is 10.7 Å². The second-order valence-corrected chi connectivity index (χ2v) is 8.21. The summed E-state index contributed by atoms with van der Waals surface area (Å²) in [6.45, 7) is 8.23. The molecule has 2 amide bonds. The van der Waals surface area contributed by atoms with Crippen molar-refractivity contribution in [3.05, 3.63) is 56.3 Å². The van der Waals surface area contributed by atoms with Crippen LogP contribution in [0.25, 0.3) is 5.95 Å². The van der Waals surface area contributed by atoms with Crippen molar-refractivity contribution in [2.45, 2.75) is 39.7 Å². The van der Waals surface area contributed by atoms with Crippen LogP contribution in [0.15, 0.2) is 34.4 Å². The molecule has 0 aliphatic rings. The molecule has 0 aromatic carbocycles. The summed E-state index contributed by atoms with van der Waals surface area (Å²) in [4.78, 5) is 32.2. The van der Waals surface area contributed by atoms with Gasteiger partial charge in [-0.1, -0.05) is 26.8 Å². The fourth-order valence-electron chi connectivity index (χ4n) is 2.40. The highest BCUT2D eigenvalue weighted by molar-refractivity contribution is 7.09. The Kier molecular flexibility index (Phi) is 5.13. The van der Waals surface area contributed by atoms with Crippen LogP contribution in [-0.4, -0.2) is 25.8 Å². The zero-order valence-electron chi connectivity index (χ0n) is 15.7. The van der Waals surface area contributed by atoms with Gasteiger partial charge in [0.05, 0.1) is 12.2 Å². The molecular formula is C18H22N6O2S. The number of aromatic amines is 1. The molecule has 9 heteroatoms. The number of nitrogens with zero attached hydrogens (tertiary/aromatic N) is 3. The third-order valence-corrected chi connectivity index (χ3v) is 4.66. The van der Waals surface area contributed by atoms with Crippen molar-refractivity contribution in [2.24, 2.45) is 0 Å². The predicted molar refractivity (Wildman–Crippen MR) is 106 cm³/mol. The second-order valence-electron chi connectivity index (χ2n) is 7.17. The molecule has 0 unspecified atom stereocenters. The average Bonchev–Trinajstić information content (AvgIpc) is 3.21. The molecule has 27 heavy (non-hydrogen) atoms. The summed E-state index contributed by atoms with van der Waals surface area (Å²) in [6, 6.07) is 6.71. The maximum absolute atomic E-state index is 12.3. The van der Waals surface area contributed by atoms with Crippen molar-refractivity contribution in [1.82, 2.24) is 25.1 Å². The first-order valence-electron chi connectivity index (χ1n) is 8.48. The Morgan fingerprint density at radius 1 is 1.33 bits per heavy atom. The van der Waals surface area contributed by atoms with Crippen LogP contribution in [0.3, 0.4) is 0 Å². The molecule has 0 radical (unpaired) electrons. The summed E-state index contributed by atoms with van der Waals surface area (Å²) >= 11 is 1.57. The summed E-state index contributed by atoms with van der Waals surface area (Å²) in [5, 5.41) is 12.1. The van der Waals surface area contributed by atoms with Gasteiger partial charge in [0.2, 0.25) is 5.95 Å². The van der Waals surface area contributed by atoms with Gasteiger partial charge in [-0.3, -0.25) is 15.1 Å². The van der Waals surface area contributed by atoms with E-state index in [4.69, 9.17) is 0 Å². The lowest BCUT2D eigenvalue weighted by molar-refractivity contribution is 0.251. The summed E-state index contributed by atoms with van der Waals surface area (Å²) in [5.74, 6) is 0.682. The number of hydrogen-bond acceptors (Lipinski definition) is 5. The van der Waals surface area contributed by atoms with Gasteiger partial charge in [-0.2, -0.15) is 9.78 Å². The number of carbonyl (C=O) groups is 1. The van der Waals surface area contributed by atoms with E-state index in [1.54, 1.807) is 24.3 Å². The Morgan fingerprint density at radius 3 is 2.74 bits per heavy atom. The third kappa shape index (κ3) is 4.62. The number of rotatable bonds is 4. The highest BCUT2D eigenvalue weighted by Crippen LogP contribution is 2.25. The van der Waals surface area contributed by atoms with Gasteiger partial charge in [-0.15, -0.1) is 11.3 Å². The number of aromatic nitrogens is 4. The minimum Gasteiger partial charge on any atom is -0.333 e. The Hall–Kier alpha value is -2.94. The van der Waals surface area contributed by atoms with E-state index < -0.39 is 0 Å². The number of carbonyl (C=O) groups excluding carboxylic acids is 1. The normalized spacial score (nSPS) is 11.4. The maximum atomic E-state index is 12.3. The summed E-state index contributed by atoms with van der Waals surface area (Å²) in [7, 11) is 0. The molecule has 0 bridgehead atoms. The topological polar surface area (TPSA) is 105 Å². The molecular weight excluding hydrogens is 364 g/mol. The van der Waals surface area contributed by atoms with E-state index in [9.17, 15) is 9.59 Å². The largest absolute Gasteiger partial charge is 0.333 e. The van der Waals surface area contributed by atoms with E-state index >= 15 is 0 Å². The molecule has 3 aromatic rings. The van der Waals surface area contributed by atoms with Crippen LogP contribution < -0.4 is 16.2 Å².